The minimum Gasteiger partial charge on any atom is -0.494 e. The first-order chi connectivity index (χ1) is 29.7. The number of methoxy groups -OCH3 is 2. The molecule has 5 N–H and O–H groups in total. The van der Waals surface area contributed by atoms with Crippen LogP contribution in [0.3, 0.4) is 0 Å². The first kappa shape index (κ1) is 47.1. The van der Waals surface area contributed by atoms with E-state index < -0.39 is 30.0 Å². The highest BCUT2D eigenvalue weighted by molar-refractivity contribution is 7.99. The van der Waals surface area contributed by atoms with Crippen LogP contribution in [0.1, 0.15) is 27.7 Å². The van der Waals surface area contributed by atoms with E-state index >= 15 is 0 Å². The Morgan fingerprint density at radius 2 is 1.00 bits per heavy atom. The van der Waals surface area contributed by atoms with Gasteiger partial charge < -0.3 is 35.0 Å². The maximum absolute atomic E-state index is 12.1. The monoisotopic (exact) mass is 909 g/mol. The van der Waals surface area contributed by atoms with Gasteiger partial charge in [-0.25, -0.2) is 0 Å². The molecule has 0 atom stereocenters. The summed E-state index contributed by atoms with van der Waals surface area (Å²) in [5.41, 5.74) is 2.19. The molecule has 62 heavy (non-hydrogen) atoms. The van der Waals surface area contributed by atoms with Crippen LogP contribution in [0.4, 0.5) is 57.4 Å². The number of azo groups is 2. The van der Waals surface area contributed by atoms with Crippen molar-refractivity contribution in [3.8, 4) is 11.5 Å². The van der Waals surface area contributed by atoms with Crippen LogP contribution in [0.5, 0.6) is 11.5 Å². The Morgan fingerprint density at radius 3 is 1.35 bits per heavy atom. The van der Waals surface area contributed by atoms with Crippen LogP contribution >= 0.6 is 11.8 Å². The Bertz CT molecular complexity index is 2470. The maximum Gasteiger partial charge on any atom is 0.296 e. The van der Waals surface area contributed by atoms with Gasteiger partial charge in [0.25, 0.3) is 20.2 Å². The number of nitrogens with one attached hydrogen (secondary N) is 2. The van der Waals surface area contributed by atoms with E-state index in [1.165, 1.54) is 50.6 Å². The second-order valence-electron chi connectivity index (χ2n) is 12.8. The Labute approximate surface area is 364 Å². The number of rotatable bonds is 21. The van der Waals surface area contributed by atoms with Gasteiger partial charge in [-0.05, 0) is 64.1 Å². The third-order valence-electron chi connectivity index (χ3n) is 9.05. The number of aromatic nitrogens is 3. The van der Waals surface area contributed by atoms with E-state index in [9.17, 15) is 31.0 Å². The standard InChI is InChI=1S/C39H47N11O9S3/c1-7-49(8-2)31-21-27(29(23-33(31)58-5)47-45-25-15-11-13-17-35(25)61(52,53)54)40-37-42-38(44-39(43-37)60-20-19-51)41-28-22-32(50(9-3)10-4)34(59-6)24-30(28)48-46-26-16-12-14-18-36(26)62(55,56)57/h11-18,21-24,51H,7-10,19-20H2,1-6H3,(H,52,53,54)(H,55,56,57)(H2,40,41,42,43,44)/b47-45+,48-46+. The molecule has 4 aromatic carbocycles. The van der Waals surface area contributed by atoms with Gasteiger partial charge in [0, 0.05) is 44.1 Å². The molecule has 0 radical (unpaired) electrons. The highest BCUT2D eigenvalue weighted by Gasteiger charge is 2.21. The van der Waals surface area contributed by atoms with E-state index in [-0.39, 0.29) is 52.2 Å². The maximum atomic E-state index is 12.1. The van der Waals surface area contributed by atoms with Crippen LogP contribution < -0.4 is 29.9 Å². The summed E-state index contributed by atoms with van der Waals surface area (Å²) in [5, 5.41) is 33.5. The SMILES string of the molecule is CCN(CC)c1cc(Nc2nc(Nc3cc(N(CC)CC)c(OC)cc3/N=N/c3ccccc3S(=O)(=O)O)nc(SCCO)n2)c(/N=N/c2ccccc2S(=O)(=O)O)cc1OC. The minimum absolute atomic E-state index is 0.0242. The number of aliphatic hydroxyl groups excluding tert-OH is 1. The first-order valence-corrected chi connectivity index (χ1v) is 23.0. The molecule has 0 saturated heterocycles. The van der Waals surface area contributed by atoms with E-state index in [0.29, 0.717) is 60.4 Å². The lowest BCUT2D eigenvalue weighted by atomic mass is 10.2. The van der Waals surface area contributed by atoms with Gasteiger partial charge in [0.1, 0.15) is 44.0 Å². The number of anilines is 6. The fraction of sp³-hybridized carbons (Fsp3) is 0.308. The van der Waals surface area contributed by atoms with Crippen molar-refractivity contribution in [1.82, 2.24) is 15.0 Å². The van der Waals surface area contributed by atoms with Crippen LogP contribution in [0.15, 0.2) is 108 Å². The topological polar surface area (TPSA) is 266 Å². The lowest BCUT2D eigenvalue weighted by molar-refractivity contribution is 0.322. The van der Waals surface area contributed by atoms with Crippen molar-refractivity contribution < 1.29 is 40.5 Å². The van der Waals surface area contributed by atoms with Crippen LogP contribution in [-0.2, 0) is 20.2 Å². The molecular formula is C39H47N11O9S3. The number of ether oxygens (including phenoxy) is 2. The summed E-state index contributed by atoms with van der Waals surface area (Å²) in [6.45, 7) is 10.2. The molecule has 0 saturated carbocycles. The van der Waals surface area contributed by atoms with Crippen molar-refractivity contribution in [2.75, 3.05) is 73.2 Å². The molecule has 0 bridgehead atoms. The molecule has 0 aliphatic carbocycles. The largest absolute Gasteiger partial charge is 0.494 e. The molecule has 1 aromatic heterocycles. The normalized spacial score (nSPS) is 11.9. The predicted octanol–water partition coefficient (Wildman–Crippen LogP) is 8.48. The van der Waals surface area contributed by atoms with Gasteiger partial charge in [-0.1, -0.05) is 36.0 Å². The summed E-state index contributed by atoms with van der Waals surface area (Å²) < 4.78 is 79.7. The Hall–Kier alpha value is -5.98. The molecule has 0 aliphatic rings. The average molecular weight is 910 g/mol. The van der Waals surface area contributed by atoms with Gasteiger partial charge in [0.05, 0.1) is 43.6 Å². The summed E-state index contributed by atoms with van der Waals surface area (Å²) in [7, 11) is -6.26. The van der Waals surface area contributed by atoms with Crippen molar-refractivity contribution in [2.45, 2.75) is 42.6 Å². The molecule has 20 nitrogen and oxygen atoms in total. The molecule has 23 heteroatoms. The molecule has 330 valence electrons. The molecule has 0 fully saturated rings. The molecule has 0 aliphatic heterocycles. The molecule has 0 spiro atoms. The Balaban J connectivity index is 1.68. The minimum atomic E-state index is -4.63. The molecule has 0 unspecified atom stereocenters. The van der Waals surface area contributed by atoms with E-state index in [4.69, 9.17) is 9.47 Å². The smallest absolute Gasteiger partial charge is 0.296 e. The molecule has 1 heterocycles. The molecule has 5 aromatic rings. The van der Waals surface area contributed by atoms with Crippen molar-refractivity contribution >= 4 is 89.4 Å². The summed E-state index contributed by atoms with van der Waals surface area (Å²) in [6.07, 6.45) is 0. The van der Waals surface area contributed by atoms with E-state index in [1.807, 2.05) is 37.5 Å². The predicted molar refractivity (Wildman–Crippen MR) is 238 cm³/mol. The van der Waals surface area contributed by atoms with Gasteiger partial charge in [0.15, 0.2) is 5.16 Å². The fourth-order valence-corrected chi connectivity index (χ4v) is 7.90. The first-order valence-electron chi connectivity index (χ1n) is 19.1. The summed E-state index contributed by atoms with van der Waals surface area (Å²) >= 11 is 1.15. The van der Waals surface area contributed by atoms with Gasteiger partial charge in [0.2, 0.25) is 11.9 Å². The van der Waals surface area contributed by atoms with Gasteiger partial charge in [-0.15, -0.1) is 20.5 Å². The molecular weight excluding hydrogens is 863 g/mol. The number of hydrogen-bond acceptors (Lipinski definition) is 19. The van der Waals surface area contributed by atoms with E-state index in [0.717, 1.165) is 11.8 Å². The lowest BCUT2D eigenvalue weighted by Gasteiger charge is -2.25. The summed E-state index contributed by atoms with van der Waals surface area (Å²) in [4.78, 5) is 17.1. The number of nitrogens with zero attached hydrogens (tertiary/aromatic N) is 9. The second kappa shape index (κ2) is 21.2. The van der Waals surface area contributed by atoms with E-state index in [1.54, 1.807) is 36.4 Å². The summed E-state index contributed by atoms with van der Waals surface area (Å²) in [6, 6.07) is 17.9. The summed E-state index contributed by atoms with van der Waals surface area (Å²) in [5.74, 6) is 1.17. The number of aliphatic hydroxyl groups is 1. The Morgan fingerprint density at radius 1 is 0.613 bits per heavy atom. The van der Waals surface area contributed by atoms with Crippen LogP contribution in [-0.4, -0.2) is 98.8 Å². The second-order valence-corrected chi connectivity index (χ2v) is 16.6. The Kier molecular flexibility index (Phi) is 16.1. The number of benzene rings is 4. The van der Waals surface area contributed by atoms with Gasteiger partial charge in [-0.2, -0.15) is 31.8 Å². The van der Waals surface area contributed by atoms with Crippen LogP contribution in [0.2, 0.25) is 0 Å². The van der Waals surface area contributed by atoms with Crippen molar-refractivity contribution in [3.63, 3.8) is 0 Å². The van der Waals surface area contributed by atoms with Crippen LogP contribution in [0, 0.1) is 0 Å². The third kappa shape index (κ3) is 11.7. The van der Waals surface area contributed by atoms with Crippen LogP contribution in [0.25, 0.3) is 0 Å². The zero-order valence-electron chi connectivity index (χ0n) is 34.7. The van der Waals surface area contributed by atoms with E-state index in [2.05, 4.69) is 46.0 Å². The third-order valence-corrected chi connectivity index (χ3v) is 11.7. The van der Waals surface area contributed by atoms with Crippen molar-refractivity contribution in [2.24, 2.45) is 20.5 Å². The van der Waals surface area contributed by atoms with Gasteiger partial charge in [-0.3, -0.25) is 9.11 Å². The molecule has 5 rings (SSSR count). The highest BCUT2D eigenvalue weighted by Crippen LogP contribution is 2.43. The quantitative estimate of drug-likeness (QED) is 0.0262. The number of thioether (sulfide) groups is 1. The molecule has 0 amide bonds. The zero-order valence-corrected chi connectivity index (χ0v) is 37.2. The highest BCUT2D eigenvalue weighted by atomic mass is 32.2. The average Bonchev–Trinajstić information content (AvgIpc) is 3.25. The zero-order chi connectivity index (χ0) is 45.0. The fourth-order valence-electron chi connectivity index (χ4n) is 6.07. The van der Waals surface area contributed by atoms with Crippen molar-refractivity contribution in [3.05, 3.63) is 72.8 Å². The van der Waals surface area contributed by atoms with Crippen molar-refractivity contribution in [1.29, 1.82) is 0 Å². The number of hydrogen-bond donors (Lipinski definition) is 5. The lowest BCUT2D eigenvalue weighted by Crippen LogP contribution is -2.22. The van der Waals surface area contributed by atoms with Gasteiger partial charge >= 0.3 is 0 Å².